The van der Waals surface area contributed by atoms with Crippen LogP contribution >= 0.6 is 0 Å². The molecule has 96 valence electrons. The average Bonchev–Trinajstić information content (AvgIpc) is 2.77. The topological polar surface area (TPSA) is 73.2 Å². The van der Waals surface area contributed by atoms with Crippen molar-refractivity contribution in [3.05, 3.63) is 12.3 Å². The molecule has 0 atom stereocenters. The number of rotatable bonds is 4. The van der Waals surface area contributed by atoms with E-state index in [1.165, 1.54) is 0 Å². The number of anilines is 1. The Morgan fingerprint density at radius 3 is 2.88 bits per heavy atom. The lowest BCUT2D eigenvalue weighted by Gasteiger charge is -2.24. The van der Waals surface area contributed by atoms with Gasteiger partial charge in [0.15, 0.2) is 0 Å². The van der Waals surface area contributed by atoms with E-state index >= 15 is 0 Å². The van der Waals surface area contributed by atoms with Gasteiger partial charge in [-0.3, -0.25) is 4.72 Å². The Morgan fingerprint density at radius 2 is 2.24 bits per heavy atom. The van der Waals surface area contributed by atoms with Gasteiger partial charge in [0, 0.05) is 19.3 Å². The summed E-state index contributed by atoms with van der Waals surface area (Å²) in [7, 11) is -3.25. The predicted octanol–water partition coefficient (Wildman–Crippen LogP) is 0.996. The van der Waals surface area contributed by atoms with Crippen LogP contribution in [0.1, 0.15) is 25.8 Å². The summed E-state index contributed by atoms with van der Waals surface area (Å²) >= 11 is 0. The van der Waals surface area contributed by atoms with E-state index in [2.05, 4.69) is 9.82 Å². The number of nitrogens with one attached hydrogen (secondary N) is 1. The molecule has 1 saturated heterocycles. The average molecular weight is 259 g/mol. The molecule has 1 fully saturated rings. The van der Waals surface area contributed by atoms with E-state index in [4.69, 9.17) is 4.74 Å². The molecule has 1 N–H and O–H groups in total. The van der Waals surface area contributed by atoms with E-state index in [9.17, 15) is 8.42 Å². The van der Waals surface area contributed by atoms with E-state index in [0.717, 1.165) is 12.8 Å². The maximum absolute atomic E-state index is 11.5. The number of hydrogen-bond donors (Lipinski definition) is 1. The van der Waals surface area contributed by atoms with E-state index in [1.54, 1.807) is 23.9 Å². The van der Waals surface area contributed by atoms with Gasteiger partial charge >= 0.3 is 0 Å². The Labute approximate surface area is 101 Å². The molecular weight excluding hydrogens is 242 g/mol. The van der Waals surface area contributed by atoms with Crippen LogP contribution in [0.3, 0.4) is 0 Å². The minimum Gasteiger partial charge on any atom is -0.381 e. The first-order chi connectivity index (χ1) is 8.12. The van der Waals surface area contributed by atoms with Crippen molar-refractivity contribution in [2.75, 3.05) is 23.7 Å². The molecule has 2 rings (SSSR count). The van der Waals surface area contributed by atoms with Gasteiger partial charge in [0.1, 0.15) is 5.82 Å². The summed E-state index contributed by atoms with van der Waals surface area (Å²) < 4.78 is 32.6. The third kappa shape index (κ3) is 2.98. The molecule has 0 saturated carbocycles. The molecule has 0 amide bonds. The second kappa shape index (κ2) is 5.05. The fourth-order valence-electron chi connectivity index (χ4n) is 1.85. The normalized spacial score (nSPS) is 18.2. The van der Waals surface area contributed by atoms with Gasteiger partial charge in [-0.15, -0.1) is 0 Å². The highest BCUT2D eigenvalue weighted by molar-refractivity contribution is 7.92. The lowest BCUT2D eigenvalue weighted by molar-refractivity contribution is 0.0669. The third-order valence-corrected chi connectivity index (χ3v) is 4.13. The number of nitrogens with zero attached hydrogens (tertiary/aromatic N) is 2. The van der Waals surface area contributed by atoms with Crippen LogP contribution in [0, 0.1) is 0 Å². The van der Waals surface area contributed by atoms with Crippen LogP contribution in [-0.2, 0) is 14.8 Å². The van der Waals surface area contributed by atoms with Crippen molar-refractivity contribution in [1.82, 2.24) is 9.78 Å². The molecule has 2 heterocycles. The van der Waals surface area contributed by atoms with Crippen LogP contribution in [0.15, 0.2) is 12.3 Å². The summed E-state index contributed by atoms with van der Waals surface area (Å²) in [5, 5.41) is 4.19. The molecular formula is C10H17N3O3S. The van der Waals surface area contributed by atoms with Gasteiger partial charge in [0.05, 0.1) is 18.0 Å². The van der Waals surface area contributed by atoms with Crippen LogP contribution < -0.4 is 4.72 Å². The summed E-state index contributed by atoms with van der Waals surface area (Å²) in [5.74, 6) is 0.602. The first-order valence-corrected chi connectivity index (χ1v) is 7.39. The van der Waals surface area contributed by atoms with Crippen molar-refractivity contribution in [2.24, 2.45) is 0 Å². The van der Waals surface area contributed by atoms with Crippen LogP contribution in [0.2, 0.25) is 0 Å². The van der Waals surface area contributed by atoms with Crippen molar-refractivity contribution >= 4 is 15.8 Å². The smallest absolute Gasteiger partial charge is 0.233 e. The molecule has 1 aliphatic rings. The number of hydrogen-bond acceptors (Lipinski definition) is 4. The summed E-state index contributed by atoms with van der Waals surface area (Å²) in [5.41, 5.74) is 0. The summed E-state index contributed by atoms with van der Waals surface area (Å²) in [6.45, 7) is 3.01. The minimum absolute atomic E-state index is 0.0615. The van der Waals surface area contributed by atoms with Gasteiger partial charge in [0.25, 0.3) is 0 Å². The predicted molar refractivity (Wildman–Crippen MR) is 64.4 cm³/mol. The largest absolute Gasteiger partial charge is 0.381 e. The zero-order valence-electron chi connectivity index (χ0n) is 9.80. The molecule has 0 aromatic carbocycles. The van der Waals surface area contributed by atoms with Crippen LogP contribution in [0.25, 0.3) is 0 Å². The zero-order valence-corrected chi connectivity index (χ0v) is 10.6. The first-order valence-electron chi connectivity index (χ1n) is 5.74. The van der Waals surface area contributed by atoms with Gasteiger partial charge < -0.3 is 4.74 Å². The molecule has 0 spiro atoms. The molecule has 7 heteroatoms. The van der Waals surface area contributed by atoms with E-state index in [-0.39, 0.29) is 11.8 Å². The molecule has 6 nitrogen and oxygen atoms in total. The first kappa shape index (κ1) is 12.4. The summed E-state index contributed by atoms with van der Waals surface area (Å²) in [6, 6.07) is 1.90. The lowest BCUT2D eigenvalue weighted by Crippen LogP contribution is -2.24. The molecule has 1 aromatic rings. The maximum atomic E-state index is 11.5. The van der Waals surface area contributed by atoms with E-state index in [0.29, 0.717) is 19.0 Å². The Morgan fingerprint density at radius 1 is 1.53 bits per heavy atom. The SMILES string of the molecule is CCS(=O)(=O)Nc1ccnn1C1CCOCC1. The Bertz CT molecular complexity index is 463. The summed E-state index contributed by atoms with van der Waals surface area (Å²) in [6.07, 6.45) is 3.34. The molecule has 0 bridgehead atoms. The standard InChI is InChI=1S/C10H17N3O3S/c1-2-17(14,15)12-10-3-6-11-13(10)9-4-7-16-8-5-9/h3,6,9,12H,2,4-5,7-8H2,1H3. The number of sulfonamides is 1. The van der Waals surface area contributed by atoms with Gasteiger partial charge in [-0.25, -0.2) is 13.1 Å². The fourth-order valence-corrected chi connectivity index (χ4v) is 2.47. The van der Waals surface area contributed by atoms with Gasteiger partial charge in [-0.2, -0.15) is 5.10 Å². The van der Waals surface area contributed by atoms with Crippen LogP contribution in [0.4, 0.5) is 5.82 Å². The Hall–Kier alpha value is -1.08. The van der Waals surface area contributed by atoms with Crippen molar-refractivity contribution < 1.29 is 13.2 Å². The molecule has 0 radical (unpaired) electrons. The van der Waals surface area contributed by atoms with Crippen LogP contribution in [-0.4, -0.2) is 37.2 Å². The zero-order chi connectivity index (χ0) is 12.3. The minimum atomic E-state index is -3.25. The highest BCUT2D eigenvalue weighted by atomic mass is 32.2. The third-order valence-electron chi connectivity index (χ3n) is 2.85. The quantitative estimate of drug-likeness (QED) is 0.875. The van der Waals surface area contributed by atoms with E-state index < -0.39 is 10.0 Å². The molecule has 1 aromatic heterocycles. The number of ether oxygens (including phenoxy) is 1. The molecule has 0 aliphatic carbocycles. The van der Waals surface area contributed by atoms with Crippen LogP contribution in [0.5, 0.6) is 0 Å². The molecule has 1 aliphatic heterocycles. The van der Waals surface area contributed by atoms with Crippen molar-refractivity contribution in [3.63, 3.8) is 0 Å². The molecule has 0 unspecified atom stereocenters. The second-order valence-corrected chi connectivity index (χ2v) is 6.02. The van der Waals surface area contributed by atoms with Gasteiger partial charge in [0.2, 0.25) is 10.0 Å². The van der Waals surface area contributed by atoms with E-state index in [1.807, 2.05) is 0 Å². The van der Waals surface area contributed by atoms with Crippen molar-refractivity contribution in [3.8, 4) is 0 Å². The monoisotopic (exact) mass is 259 g/mol. The maximum Gasteiger partial charge on any atom is 0.233 e. The lowest BCUT2D eigenvalue weighted by atomic mass is 10.1. The Balaban J connectivity index is 2.16. The summed E-state index contributed by atoms with van der Waals surface area (Å²) in [4.78, 5) is 0. The van der Waals surface area contributed by atoms with Crippen molar-refractivity contribution in [1.29, 1.82) is 0 Å². The Kier molecular flexibility index (Phi) is 3.68. The molecule has 17 heavy (non-hydrogen) atoms. The highest BCUT2D eigenvalue weighted by Crippen LogP contribution is 2.24. The van der Waals surface area contributed by atoms with Gasteiger partial charge in [-0.05, 0) is 19.8 Å². The highest BCUT2D eigenvalue weighted by Gasteiger charge is 2.20. The van der Waals surface area contributed by atoms with Crippen molar-refractivity contribution in [2.45, 2.75) is 25.8 Å². The second-order valence-electron chi connectivity index (χ2n) is 4.01. The fraction of sp³-hybridized carbons (Fsp3) is 0.700. The number of aromatic nitrogens is 2. The van der Waals surface area contributed by atoms with Gasteiger partial charge in [-0.1, -0.05) is 0 Å².